The van der Waals surface area contributed by atoms with Gasteiger partial charge in [-0.15, -0.1) is 11.8 Å². The van der Waals surface area contributed by atoms with E-state index in [2.05, 4.69) is 5.32 Å². The van der Waals surface area contributed by atoms with Crippen molar-refractivity contribution in [1.29, 1.82) is 0 Å². The number of nitrogens with zero attached hydrogens (tertiary/aromatic N) is 2. The number of carbonyl (C=O) groups is 1. The van der Waals surface area contributed by atoms with E-state index in [-0.39, 0.29) is 0 Å². The molecule has 1 saturated heterocycles. The summed E-state index contributed by atoms with van der Waals surface area (Å²) < 4.78 is 88.5. The fraction of sp³-hybridized carbons (Fsp3) is 0.409. The lowest BCUT2D eigenvalue weighted by molar-refractivity contribution is -0.0435. The highest BCUT2D eigenvalue weighted by molar-refractivity contribution is 7.99. The van der Waals surface area contributed by atoms with E-state index in [4.69, 9.17) is 10.2 Å². The van der Waals surface area contributed by atoms with Crippen LogP contribution in [0.2, 0.25) is 0 Å². The smallest absolute Gasteiger partial charge is 0.465 e. The number of sulfone groups is 1. The molecule has 0 aromatic heterocycles. The van der Waals surface area contributed by atoms with Gasteiger partial charge in [-0.2, -0.15) is 13.2 Å². The number of carboxylic acid groups (broad SMARTS) is 1. The first-order chi connectivity index (χ1) is 17.7. The molecule has 2 aromatic carbocycles. The van der Waals surface area contributed by atoms with E-state index in [1.165, 1.54) is 16.7 Å². The van der Waals surface area contributed by atoms with Crippen molar-refractivity contribution in [2.75, 3.05) is 43.8 Å². The first-order valence-corrected chi connectivity index (χ1v) is 15.3. The summed E-state index contributed by atoms with van der Waals surface area (Å²) in [6, 6.07) is 11.0. The molecule has 210 valence electrons. The number of hydrogen-bond donors (Lipinski definition) is 3. The maximum Gasteiger partial charge on any atom is 0.501 e. The highest BCUT2D eigenvalue weighted by atomic mass is 32.2. The molecule has 4 N–H and O–H groups in total. The fourth-order valence-corrected chi connectivity index (χ4v) is 6.33. The van der Waals surface area contributed by atoms with Crippen LogP contribution in [0, 0.1) is 0 Å². The Hall–Kier alpha value is -2.53. The number of halogens is 3. The Morgan fingerprint density at radius 1 is 1.05 bits per heavy atom. The number of sulfonamides is 1. The minimum absolute atomic E-state index is 0.315. The second-order valence-electron chi connectivity index (χ2n) is 8.52. The van der Waals surface area contributed by atoms with Gasteiger partial charge in [-0.25, -0.2) is 26.8 Å². The third-order valence-corrected chi connectivity index (χ3v) is 9.48. The third-order valence-electron chi connectivity index (χ3n) is 5.87. The summed E-state index contributed by atoms with van der Waals surface area (Å²) in [5.74, 6) is 0.349. The van der Waals surface area contributed by atoms with Gasteiger partial charge in [0.05, 0.1) is 10.6 Å². The van der Waals surface area contributed by atoms with Gasteiger partial charge in [-0.3, -0.25) is 4.90 Å². The molecular weight excluding hydrogens is 569 g/mol. The standard InChI is InChI=1S/C22H27F3N4O6S3/c23-22(24,25)37(32,33)20-14-18(38(26,34)35)6-7-19(20)27-16(15-36-17-4-2-1-3-5-17)8-9-28-10-12-29(13-11-28)21(30)31/h1-7,14,16,27H,8-13,15H2,(H,30,31)(H2,26,34,35). The number of hydrogen-bond acceptors (Lipinski definition) is 8. The lowest BCUT2D eigenvalue weighted by atomic mass is 10.2. The second-order valence-corrected chi connectivity index (χ2v) is 13.1. The Balaban J connectivity index is 1.87. The topological polar surface area (TPSA) is 150 Å². The number of amides is 1. The maximum atomic E-state index is 13.5. The quantitative estimate of drug-likeness (QED) is 0.352. The van der Waals surface area contributed by atoms with E-state index in [1.54, 1.807) is 0 Å². The maximum absolute atomic E-state index is 13.5. The van der Waals surface area contributed by atoms with Crippen LogP contribution in [0.25, 0.3) is 0 Å². The van der Waals surface area contributed by atoms with Crippen LogP contribution in [-0.2, 0) is 19.9 Å². The highest BCUT2D eigenvalue weighted by Crippen LogP contribution is 2.36. The first kappa shape index (κ1) is 30.0. The predicted molar refractivity (Wildman–Crippen MR) is 136 cm³/mol. The van der Waals surface area contributed by atoms with Gasteiger partial charge in [0.25, 0.3) is 9.84 Å². The summed E-state index contributed by atoms with van der Waals surface area (Å²) >= 11 is 1.41. The third kappa shape index (κ3) is 7.75. The molecule has 1 aliphatic rings. The summed E-state index contributed by atoms with van der Waals surface area (Å²) in [4.78, 5) is 13.3. The summed E-state index contributed by atoms with van der Waals surface area (Å²) in [6.07, 6.45) is -0.625. The minimum Gasteiger partial charge on any atom is -0.465 e. The molecule has 1 amide bonds. The van der Waals surface area contributed by atoms with Gasteiger partial charge in [0, 0.05) is 49.4 Å². The van der Waals surface area contributed by atoms with Gasteiger partial charge < -0.3 is 15.3 Å². The van der Waals surface area contributed by atoms with E-state index in [1.807, 2.05) is 35.2 Å². The Labute approximate surface area is 223 Å². The lowest BCUT2D eigenvalue weighted by Gasteiger charge is -2.34. The molecule has 0 radical (unpaired) electrons. The normalized spacial score (nSPS) is 16.3. The Morgan fingerprint density at radius 3 is 2.24 bits per heavy atom. The van der Waals surface area contributed by atoms with Crippen LogP contribution in [0.15, 0.2) is 63.2 Å². The molecule has 1 fully saturated rings. The Bertz CT molecular complexity index is 1330. The molecule has 0 bridgehead atoms. The molecule has 0 saturated carbocycles. The zero-order valence-electron chi connectivity index (χ0n) is 20.0. The number of piperazine rings is 1. The summed E-state index contributed by atoms with van der Waals surface area (Å²) in [6.45, 7) is 2.05. The second kappa shape index (κ2) is 12.1. The molecule has 16 heteroatoms. The zero-order valence-corrected chi connectivity index (χ0v) is 22.4. The number of primary sulfonamides is 1. The van der Waals surface area contributed by atoms with Gasteiger partial charge in [0.2, 0.25) is 10.0 Å². The molecule has 1 aliphatic heterocycles. The largest absolute Gasteiger partial charge is 0.501 e. The average Bonchev–Trinajstić information content (AvgIpc) is 2.85. The van der Waals surface area contributed by atoms with Crippen molar-refractivity contribution in [3.05, 3.63) is 48.5 Å². The number of thioether (sulfide) groups is 1. The van der Waals surface area contributed by atoms with Crippen LogP contribution in [0.5, 0.6) is 0 Å². The van der Waals surface area contributed by atoms with Crippen molar-refractivity contribution in [2.24, 2.45) is 5.14 Å². The number of benzene rings is 2. The van der Waals surface area contributed by atoms with Crippen molar-refractivity contribution in [3.63, 3.8) is 0 Å². The summed E-state index contributed by atoms with van der Waals surface area (Å²) in [5.41, 5.74) is -6.07. The summed E-state index contributed by atoms with van der Waals surface area (Å²) in [7, 11) is -10.4. The van der Waals surface area contributed by atoms with Gasteiger partial charge in [-0.05, 0) is 36.8 Å². The van der Waals surface area contributed by atoms with E-state index in [0.717, 1.165) is 17.0 Å². The Morgan fingerprint density at radius 2 is 1.68 bits per heavy atom. The van der Waals surface area contributed by atoms with E-state index < -0.39 is 53.0 Å². The minimum atomic E-state index is -5.91. The van der Waals surface area contributed by atoms with E-state index in [9.17, 15) is 34.8 Å². The van der Waals surface area contributed by atoms with Crippen LogP contribution in [0.1, 0.15) is 6.42 Å². The monoisotopic (exact) mass is 596 g/mol. The van der Waals surface area contributed by atoms with Crippen LogP contribution in [0.3, 0.4) is 0 Å². The molecule has 1 unspecified atom stereocenters. The van der Waals surface area contributed by atoms with Gasteiger partial charge in [0.15, 0.2) is 0 Å². The van der Waals surface area contributed by atoms with Crippen molar-refractivity contribution in [1.82, 2.24) is 9.80 Å². The SMILES string of the molecule is NS(=O)(=O)c1ccc(NC(CCN2CCN(C(=O)O)CC2)CSc2ccccc2)c(S(=O)(=O)C(F)(F)F)c1. The lowest BCUT2D eigenvalue weighted by Crippen LogP contribution is -2.49. The predicted octanol–water partition coefficient (Wildman–Crippen LogP) is 2.89. The van der Waals surface area contributed by atoms with Crippen molar-refractivity contribution in [2.45, 2.75) is 32.7 Å². The first-order valence-electron chi connectivity index (χ1n) is 11.3. The molecule has 38 heavy (non-hydrogen) atoms. The van der Waals surface area contributed by atoms with E-state index >= 15 is 0 Å². The van der Waals surface area contributed by atoms with Crippen LogP contribution >= 0.6 is 11.8 Å². The molecule has 0 aliphatic carbocycles. The molecule has 2 aromatic rings. The van der Waals surface area contributed by atoms with Gasteiger partial charge in [0.1, 0.15) is 4.90 Å². The number of rotatable bonds is 10. The fourth-order valence-electron chi connectivity index (χ4n) is 3.78. The molecule has 1 atom stereocenters. The zero-order chi connectivity index (χ0) is 28.1. The molecule has 0 spiro atoms. The van der Waals surface area contributed by atoms with Crippen molar-refractivity contribution in [3.8, 4) is 0 Å². The van der Waals surface area contributed by atoms with Crippen LogP contribution in [-0.4, -0.2) is 87.9 Å². The summed E-state index contributed by atoms with van der Waals surface area (Å²) in [5, 5.41) is 17.0. The number of alkyl halides is 3. The number of nitrogens with one attached hydrogen (secondary N) is 1. The van der Waals surface area contributed by atoms with Crippen LogP contribution < -0.4 is 10.5 Å². The van der Waals surface area contributed by atoms with Gasteiger partial charge in [-0.1, -0.05) is 18.2 Å². The number of anilines is 1. The molecular formula is C22H27F3N4O6S3. The highest BCUT2D eigenvalue weighted by Gasteiger charge is 2.48. The van der Waals surface area contributed by atoms with Crippen LogP contribution in [0.4, 0.5) is 23.7 Å². The molecule has 10 nitrogen and oxygen atoms in total. The van der Waals surface area contributed by atoms with E-state index in [0.29, 0.717) is 51.0 Å². The average molecular weight is 597 g/mol. The molecule has 1 heterocycles. The number of nitrogens with two attached hydrogens (primary N) is 1. The Kier molecular flexibility index (Phi) is 9.57. The van der Waals surface area contributed by atoms with Gasteiger partial charge >= 0.3 is 11.6 Å². The van der Waals surface area contributed by atoms with Crippen molar-refractivity contribution >= 4 is 43.4 Å². The van der Waals surface area contributed by atoms with Crippen molar-refractivity contribution < 1.29 is 39.9 Å². The molecule has 3 rings (SSSR count).